The summed E-state index contributed by atoms with van der Waals surface area (Å²) in [4.78, 5) is 13.0. The van der Waals surface area contributed by atoms with Crippen LogP contribution in [0.1, 0.15) is 35.5 Å². The maximum Gasteiger partial charge on any atom is 0.261 e. The molecule has 1 aromatic heterocycles. The Balaban J connectivity index is 2.05. The summed E-state index contributed by atoms with van der Waals surface area (Å²) in [6.45, 7) is 7.38. The number of amides is 1. The van der Waals surface area contributed by atoms with Crippen LogP contribution in [0, 0.1) is 12.8 Å². The van der Waals surface area contributed by atoms with Crippen molar-refractivity contribution in [2.24, 2.45) is 5.92 Å². The molecule has 0 radical (unpaired) electrons. The highest BCUT2D eigenvalue weighted by atomic mass is 32.1. The molecule has 1 aromatic rings. The van der Waals surface area contributed by atoms with Gasteiger partial charge in [0, 0.05) is 12.1 Å². The van der Waals surface area contributed by atoms with E-state index in [4.69, 9.17) is 0 Å². The molecule has 94 valence electrons. The zero-order valence-electron chi connectivity index (χ0n) is 10.6. The first-order chi connectivity index (χ1) is 8.09. The first-order valence-electron chi connectivity index (χ1n) is 6.18. The van der Waals surface area contributed by atoms with Gasteiger partial charge in [0.25, 0.3) is 5.91 Å². The van der Waals surface area contributed by atoms with E-state index in [0.29, 0.717) is 12.0 Å². The van der Waals surface area contributed by atoms with Crippen molar-refractivity contribution in [3.8, 4) is 0 Å². The van der Waals surface area contributed by atoms with Crippen LogP contribution >= 0.6 is 11.3 Å². The zero-order chi connectivity index (χ0) is 12.4. The van der Waals surface area contributed by atoms with Gasteiger partial charge < -0.3 is 10.6 Å². The summed E-state index contributed by atoms with van der Waals surface area (Å²) >= 11 is 1.52. The molecule has 0 aliphatic carbocycles. The molecule has 1 aliphatic heterocycles. The third-order valence-corrected chi connectivity index (χ3v) is 4.60. The predicted molar refractivity (Wildman–Crippen MR) is 71.6 cm³/mol. The molecule has 0 aromatic carbocycles. The van der Waals surface area contributed by atoms with Crippen molar-refractivity contribution in [3.63, 3.8) is 0 Å². The number of piperidine rings is 1. The van der Waals surface area contributed by atoms with Crippen molar-refractivity contribution in [1.82, 2.24) is 10.6 Å². The molecule has 1 amide bonds. The van der Waals surface area contributed by atoms with Crippen LogP contribution in [0.3, 0.4) is 0 Å². The van der Waals surface area contributed by atoms with E-state index in [0.717, 1.165) is 23.4 Å². The van der Waals surface area contributed by atoms with Crippen LogP contribution in [-0.2, 0) is 0 Å². The van der Waals surface area contributed by atoms with Crippen LogP contribution in [0.25, 0.3) is 0 Å². The van der Waals surface area contributed by atoms with Gasteiger partial charge in [-0.05, 0) is 49.7 Å². The minimum atomic E-state index is 0.0740. The molecule has 3 atom stereocenters. The molecule has 3 nitrogen and oxygen atoms in total. The largest absolute Gasteiger partial charge is 0.347 e. The Morgan fingerprint density at radius 2 is 2.29 bits per heavy atom. The molecule has 2 rings (SSSR count). The van der Waals surface area contributed by atoms with E-state index in [9.17, 15) is 4.79 Å². The van der Waals surface area contributed by atoms with Gasteiger partial charge in [0.2, 0.25) is 0 Å². The lowest BCUT2D eigenvalue weighted by Gasteiger charge is -2.35. The lowest BCUT2D eigenvalue weighted by atomic mass is 9.89. The molecule has 2 N–H and O–H groups in total. The third-order valence-electron chi connectivity index (χ3n) is 3.58. The van der Waals surface area contributed by atoms with Crippen LogP contribution in [0.4, 0.5) is 0 Å². The minimum absolute atomic E-state index is 0.0740. The summed E-state index contributed by atoms with van der Waals surface area (Å²) in [6.07, 6.45) is 1.12. The molecule has 1 saturated heterocycles. The molecule has 1 aliphatic rings. The Hall–Kier alpha value is -0.870. The molecule has 1 fully saturated rings. The summed E-state index contributed by atoms with van der Waals surface area (Å²) in [5.74, 6) is 0.611. The van der Waals surface area contributed by atoms with Crippen molar-refractivity contribution in [1.29, 1.82) is 0 Å². The standard InChI is InChI=1S/C13H20N2OS/c1-8-4-6-14-10(3)11(8)15-13(16)12-9(2)5-7-17-12/h5,7-8,10-11,14H,4,6H2,1-3H3,(H,15,16). The van der Waals surface area contributed by atoms with Gasteiger partial charge in [-0.25, -0.2) is 0 Å². The molecule has 0 saturated carbocycles. The Morgan fingerprint density at radius 1 is 1.53 bits per heavy atom. The molecule has 0 spiro atoms. The highest BCUT2D eigenvalue weighted by molar-refractivity contribution is 7.12. The SMILES string of the molecule is Cc1ccsc1C(=O)NC1C(C)CCNC1C. The summed E-state index contributed by atoms with van der Waals surface area (Å²) in [5, 5.41) is 8.56. The highest BCUT2D eigenvalue weighted by Crippen LogP contribution is 2.19. The van der Waals surface area contributed by atoms with Gasteiger partial charge in [0.15, 0.2) is 0 Å². The number of hydrogen-bond donors (Lipinski definition) is 2. The Kier molecular flexibility index (Phi) is 3.84. The highest BCUT2D eigenvalue weighted by Gasteiger charge is 2.29. The molecule has 2 heterocycles. The topological polar surface area (TPSA) is 41.1 Å². The third kappa shape index (κ3) is 2.69. The predicted octanol–water partition coefficient (Wildman–Crippen LogP) is 2.17. The number of rotatable bonds is 2. The second-order valence-electron chi connectivity index (χ2n) is 4.94. The van der Waals surface area contributed by atoms with Gasteiger partial charge in [-0.15, -0.1) is 11.3 Å². The maximum atomic E-state index is 12.2. The average molecular weight is 252 g/mol. The number of aryl methyl sites for hydroxylation is 1. The van der Waals surface area contributed by atoms with Crippen molar-refractivity contribution in [2.45, 2.75) is 39.3 Å². The average Bonchev–Trinajstić information content (AvgIpc) is 2.70. The first kappa shape index (κ1) is 12.6. The van der Waals surface area contributed by atoms with Gasteiger partial charge in [0.05, 0.1) is 4.88 Å². The van der Waals surface area contributed by atoms with E-state index in [2.05, 4.69) is 24.5 Å². The normalized spacial score (nSPS) is 29.0. The second-order valence-corrected chi connectivity index (χ2v) is 5.86. The fourth-order valence-corrected chi connectivity index (χ4v) is 3.26. The van der Waals surface area contributed by atoms with E-state index in [-0.39, 0.29) is 11.9 Å². The van der Waals surface area contributed by atoms with E-state index in [1.165, 1.54) is 11.3 Å². The number of hydrogen-bond acceptors (Lipinski definition) is 3. The number of nitrogens with one attached hydrogen (secondary N) is 2. The number of thiophene rings is 1. The van der Waals surface area contributed by atoms with Gasteiger partial charge in [0.1, 0.15) is 0 Å². The molecular weight excluding hydrogens is 232 g/mol. The van der Waals surface area contributed by atoms with Crippen molar-refractivity contribution in [3.05, 3.63) is 21.9 Å². The molecule has 4 heteroatoms. The lowest BCUT2D eigenvalue weighted by molar-refractivity contribution is 0.0901. The zero-order valence-corrected chi connectivity index (χ0v) is 11.4. The van der Waals surface area contributed by atoms with Crippen molar-refractivity contribution >= 4 is 17.2 Å². The van der Waals surface area contributed by atoms with Crippen LogP contribution in [-0.4, -0.2) is 24.5 Å². The summed E-state index contributed by atoms with van der Waals surface area (Å²) < 4.78 is 0. The Labute approximate surface area is 107 Å². The monoisotopic (exact) mass is 252 g/mol. The van der Waals surface area contributed by atoms with Crippen LogP contribution in [0.5, 0.6) is 0 Å². The Bertz CT molecular complexity index is 392. The van der Waals surface area contributed by atoms with Crippen LogP contribution in [0.15, 0.2) is 11.4 Å². The maximum absolute atomic E-state index is 12.2. The van der Waals surface area contributed by atoms with Gasteiger partial charge in [-0.2, -0.15) is 0 Å². The summed E-state index contributed by atoms with van der Waals surface area (Å²) in [7, 11) is 0. The van der Waals surface area contributed by atoms with Crippen molar-refractivity contribution in [2.75, 3.05) is 6.54 Å². The van der Waals surface area contributed by atoms with Gasteiger partial charge in [-0.3, -0.25) is 4.79 Å². The summed E-state index contributed by atoms with van der Waals surface area (Å²) in [5.41, 5.74) is 1.07. The van der Waals surface area contributed by atoms with Gasteiger partial charge >= 0.3 is 0 Å². The number of carbonyl (C=O) groups excluding carboxylic acids is 1. The van der Waals surface area contributed by atoms with E-state index in [1.807, 2.05) is 18.4 Å². The Morgan fingerprint density at radius 3 is 2.88 bits per heavy atom. The van der Waals surface area contributed by atoms with E-state index >= 15 is 0 Å². The van der Waals surface area contributed by atoms with E-state index < -0.39 is 0 Å². The van der Waals surface area contributed by atoms with Crippen molar-refractivity contribution < 1.29 is 4.79 Å². The quantitative estimate of drug-likeness (QED) is 0.847. The molecular formula is C13H20N2OS. The van der Waals surface area contributed by atoms with Crippen LogP contribution < -0.4 is 10.6 Å². The molecule has 0 bridgehead atoms. The molecule has 3 unspecified atom stereocenters. The van der Waals surface area contributed by atoms with Crippen LogP contribution in [0.2, 0.25) is 0 Å². The first-order valence-corrected chi connectivity index (χ1v) is 7.06. The fraction of sp³-hybridized carbons (Fsp3) is 0.615. The second kappa shape index (κ2) is 5.19. The number of carbonyl (C=O) groups is 1. The molecule has 17 heavy (non-hydrogen) atoms. The summed E-state index contributed by atoms with van der Waals surface area (Å²) in [6, 6.07) is 2.58. The minimum Gasteiger partial charge on any atom is -0.347 e. The lowest BCUT2D eigenvalue weighted by Crippen LogP contribution is -2.55. The van der Waals surface area contributed by atoms with E-state index in [1.54, 1.807) is 0 Å². The smallest absolute Gasteiger partial charge is 0.261 e. The fourth-order valence-electron chi connectivity index (χ4n) is 2.43. The van der Waals surface area contributed by atoms with Gasteiger partial charge in [-0.1, -0.05) is 6.92 Å².